The highest BCUT2D eigenvalue weighted by atomic mass is 15.3. The largest absolute Gasteiger partial charge is 0.397 e. The molecule has 2 heterocycles. The number of aryl methyl sites for hydroxylation is 1. The normalized spacial score (nSPS) is 10.3. The van der Waals surface area contributed by atoms with Crippen molar-refractivity contribution in [2.45, 2.75) is 20.0 Å². The van der Waals surface area contributed by atoms with Gasteiger partial charge < -0.3 is 15.6 Å². The Kier molecular flexibility index (Phi) is 3.00. The van der Waals surface area contributed by atoms with Crippen molar-refractivity contribution in [2.24, 2.45) is 0 Å². The molecule has 0 amide bonds. The summed E-state index contributed by atoms with van der Waals surface area (Å²) in [5.41, 5.74) is 7.15. The minimum absolute atomic E-state index is 0.610. The quantitative estimate of drug-likeness (QED) is 0.796. The smallest absolute Gasteiger partial charge is 0.152 e. The lowest BCUT2D eigenvalue weighted by Crippen LogP contribution is -2.07. The second-order valence-corrected chi connectivity index (χ2v) is 3.39. The summed E-state index contributed by atoms with van der Waals surface area (Å²) in [4.78, 5) is 4.00. The third-order valence-electron chi connectivity index (χ3n) is 2.25. The third kappa shape index (κ3) is 2.28. The Morgan fingerprint density at radius 2 is 2.31 bits per heavy atom. The van der Waals surface area contributed by atoms with Crippen LogP contribution in [-0.4, -0.2) is 19.7 Å². The molecular formula is C10H14N6. The molecule has 0 saturated carbocycles. The van der Waals surface area contributed by atoms with E-state index in [1.165, 1.54) is 0 Å². The van der Waals surface area contributed by atoms with E-state index in [1.54, 1.807) is 18.7 Å². The van der Waals surface area contributed by atoms with Gasteiger partial charge in [-0.2, -0.15) is 0 Å². The number of nitrogens with two attached hydrogens (primary N) is 1. The maximum atomic E-state index is 5.63. The summed E-state index contributed by atoms with van der Waals surface area (Å²) >= 11 is 0. The van der Waals surface area contributed by atoms with Gasteiger partial charge in [-0.25, -0.2) is 0 Å². The molecule has 3 N–H and O–H groups in total. The molecule has 0 spiro atoms. The first-order chi connectivity index (χ1) is 7.79. The van der Waals surface area contributed by atoms with Gasteiger partial charge in [0.15, 0.2) is 5.82 Å². The van der Waals surface area contributed by atoms with Crippen LogP contribution in [0.2, 0.25) is 0 Å². The Bertz CT molecular complexity index is 464. The molecule has 0 aliphatic heterocycles. The molecule has 2 aromatic rings. The van der Waals surface area contributed by atoms with Crippen LogP contribution in [-0.2, 0) is 13.1 Å². The summed E-state index contributed by atoms with van der Waals surface area (Å²) in [6.45, 7) is 3.52. The van der Waals surface area contributed by atoms with E-state index in [4.69, 9.17) is 5.73 Å². The van der Waals surface area contributed by atoms with Gasteiger partial charge in [0.25, 0.3) is 0 Å². The van der Waals surface area contributed by atoms with Gasteiger partial charge in [0.05, 0.1) is 24.1 Å². The van der Waals surface area contributed by atoms with Crippen molar-refractivity contribution >= 4 is 11.4 Å². The van der Waals surface area contributed by atoms with E-state index in [2.05, 4.69) is 27.4 Å². The topological polar surface area (TPSA) is 81.7 Å². The number of nitrogens with zero attached hydrogens (tertiary/aromatic N) is 4. The van der Waals surface area contributed by atoms with Gasteiger partial charge in [-0.05, 0) is 13.0 Å². The highest BCUT2D eigenvalue weighted by molar-refractivity contribution is 5.51. The van der Waals surface area contributed by atoms with Crippen LogP contribution in [0.4, 0.5) is 11.4 Å². The fourth-order valence-electron chi connectivity index (χ4n) is 1.42. The van der Waals surface area contributed by atoms with Crippen molar-refractivity contribution in [3.8, 4) is 0 Å². The van der Waals surface area contributed by atoms with Crippen LogP contribution >= 0.6 is 0 Å². The van der Waals surface area contributed by atoms with E-state index in [-0.39, 0.29) is 0 Å². The third-order valence-corrected chi connectivity index (χ3v) is 2.25. The van der Waals surface area contributed by atoms with Crippen molar-refractivity contribution < 1.29 is 0 Å². The van der Waals surface area contributed by atoms with E-state index >= 15 is 0 Å². The monoisotopic (exact) mass is 218 g/mol. The molecule has 0 atom stereocenters. The van der Waals surface area contributed by atoms with Crippen LogP contribution in [0.3, 0.4) is 0 Å². The summed E-state index contributed by atoms with van der Waals surface area (Å²) in [5, 5.41) is 11.1. The molecule has 0 saturated heterocycles. The van der Waals surface area contributed by atoms with Gasteiger partial charge in [-0.15, -0.1) is 10.2 Å². The maximum Gasteiger partial charge on any atom is 0.152 e. The number of anilines is 2. The van der Waals surface area contributed by atoms with Crippen molar-refractivity contribution in [3.63, 3.8) is 0 Å². The highest BCUT2D eigenvalue weighted by Gasteiger charge is 2.02. The second-order valence-electron chi connectivity index (χ2n) is 3.39. The highest BCUT2D eigenvalue weighted by Crippen LogP contribution is 2.10. The molecule has 0 aromatic carbocycles. The van der Waals surface area contributed by atoms with Crippen molar-refractivity contribution in [1.82, 2.24) is 19.7 Å². The van der Waals surface area contributed by atoms with Crippen LogP contribution in [0.1, 0.15) is 12.7 Å². The number of aromatic nitrogens is 4. The summed E-state index contributed by atoms with van der Waals surface area (Å²) in [7, 11) is 0. The second kappa shape index (κ2) is 4.61. The van der Waals surface area contributed by atoms with E-state index in [0.29, 0.717) is 12.2 Å². The average Bonchev–Trinajstić information content (AvgIpc) is 2.74. The number of pyridine rings is 1. The molecule has 0 aliphatic rings. The Hall–Kier alpha value is -2.11. The number of rotatable bonds is 4. The number of hydrogen-bond acceptors (Lipinski definition) is 5. The van der Waals surface area contributed by atoms with Crippen LogP contribution in [0.25, 0.3) is 0 Å². The SMILES string of the molecule is CCn1cnnc1CNc1cncc(N)c1. The van der Waals surface area contributed by atoms with Crippen molar-refractivity contribution in [3.05, 3.63) is 30.6 Å². The Morgan fingerprint density at radius 1 is 1.44 bits per heavy atom. The van der Waals surface area contributed by atoms with Crippen LogP contribution in [0.5, 0.6) is 0 Å². The summed E-state index contributed by atoms with van der Waals surface area (Å²) in [6.07, 6.45) is 5.05. The standard InChI is InChI=1S/C10H14N6/c1-2-16-7-14-15-10(16)6-13-9-3-8(11)4-12-5-9/h3-5,7,13H,2,6,11H2,1H3. The van der Waals surface area contributed by atoms with Gasteiger partial charge in [-0.3, -0.25) is 4.98 Å². The molecule has 0 bridgehead atoms. The maximum absolute atomic E-state index is 5.63. The van der Waals surface area contributed by atoms with Crippen LogP contribution < -0.4 is 11.1 Å². The predicted octanol–water partition coefficient (Wildman–Crippen LogP) is 0.887. The zero-order valence-corrected chi connectivity index (χ0v) is 9.09. The minimum Gasteiger partial charge on any atom is -0.397 e. The number of nitrogen functional groups attached to an aromatic ring is 1. The first kappa shape index (κ1) is 10.4. The van der Waals surface area contributed by atoms with Crippen LogP contribution in [0, 0.1) is 0 Å². The first-order valence-corrected chi connectivity index (χ1v) is 5.10. The van der Waals surface area contributed by atoms with Gasteiger partial charge >= 0.3 is 0 Å². The lowest BCUT2D eigenvalue weighted by molar-refractivity contribution is 0.708. The molecular weight excluding hydrogens is 204 g/mol. The van der Waals surface area contributed by atoms with Crippen molar-refractivity contribution in [2.75, 3.05) is 11.1 Å². The van der Waals surface area contributed by atoms with Gasteiger partial charge in [0.2, 0.25) is 0 Å². The fourth-order valence-corrected chi connectivity index (χ4v) is 1.42. The molecule has 0 unspecified atom stereocenters. The lowest BCUT2D eigenvalue weighted by atomic mass is 10.3. The van der Waals surface area contributed by atoms with Gasteiger partial charge in [-0.1, -0.05) is 0 Å². The Morgan fingerprint density at radius 3 is 3.06 bits per heavy atom. The molecule has 0 aliphatic carbocycles. The zero-order chi connectivity index (χ0) is 11.4. The first-order valence-electron chi connectivity index (χ1n) is 5.10. The van der Waals surface area contributed by atoms with Gasteiger partial charge in [0, 0.05) is 12.7 Å². The van der Waals surface area contributed by atoms with Gasteiger partial charge in [0.1, 0.15) is 6.33 Å². The van der Waals surface area contributed by atoms with E-state index in [0.717, 1.165) is 18.1 Å². The average molecular weight is 218 g/mol. The summed E-state index contributed by atoms with van der Waals surface area (Å²) < 4.78 is 1.98. The number of hydrogen-bond donors (Lipinski definition) is 2. The molecule has 2 rings (SSSR count). The van der Waals surface area contributed by atoms with Crippen molar-refractivity contribution in [1.29, 1.82) is 0 Å². The molecule has 16 heavy (non-hydrogen) atoms. The van der Waals surface area contributed by atoms with Crippen LogP contribution in [0.15, 0.2) is 24.8 Å². The summed E-state index contributed by atoms with van der Waals surface area (Å²) in [5.74, 6) is 0.893. The predicted molar refractivity (Wildman–Crippen MR) is 61.7 cm³/mol. The Labute approximate surface area is 93.5 Å². The zero-order valence-electron chi connectivity index (χ0n) is 9.09. The molecule has 6 nitrogen and oxygen atoms in total. The minimum atomic E-state index is 0.610. The lowest BCUT2D eigenvalue weighted by Gasteiger charge is -2.06. The van der Waals surface area contributed by atoms with E-state index in [9.17, 15) is 0 Å². The van der Waals surface area contributed by atoms with E-state index < -0.39 is 0 Å². The summed E-state index contributed by atoms with van der Waals surface area (Å²) in [6, 6.07) is 1.83. The molecule has 0 fully saturated rings. The molecule has 2 aromatic heterocycles. The Balaban J connectivity index is 2.02. The van der Waals surface area contributed by atoms with E-state index in [1.807, 2.05) is 10.6 Å². The fraction of sp³-hybridized carbons (Fsp3) is 0.300. The number of nitrogens with one attached hydrogen (secondary N) is 1. The molecule has 0 radical (unpaired) electrons. The molecule has 6 heteroatoms. The molecule has 84 valence electrons.